The van der Waals surface area contributed by atoms with Crippen molar-refractivity contribution < 1.29 is 9.18 Å². The molecule has 0 saturated carbocycles. The topological polar surface area (TPSA) is 67.8 Å². The number of aromatic nitrogens is 3. The molecule has 0 fully saturated rings. The number of rotatable bonds is 2. The average Bonchev–Trinajstić information content (AvgIpc) is 2.64. The maximum absolute atomic E-state index is 12.8. The lowest BCUT2D eigenvalue weighted by molar-refractivity contribution is 0.102. The zero-order valence-electron chi connectivity index (χ0n) is 8.27. The van der Waals surface area contributed by atoms with Crippen molar-refractivity contribution in [2.45, 2.75) is 6.92 Å². The smallest absolute Gasteiger partial charge is 0.270 e. The maximum atomic E-state index is 12.8. The van der Waals surface area contributed by atoms with Crippen molar-refractivity contribution in [3.8, 4) is 0 Å². The number of carbonyl (C=O) groups excluding carboxylic acids is 1. The zero-order chi connectivity index (χ0) is 11.5. The van der Waals surface area contributed by atoms with E-state index < -0.39 is 5.95 Å². The molecule has 0 aliphatic heterocycles. The fourth-order valence-electron chi connectivity index (χ4n) is 1.09. The zero-order valence-corrected chi connectivity index (χ0v) is 9.08. The molecule has 5 nitrogen and oxygen atoms in total. The molecular formula is C9H7FN4OS. The molecule has 2 heterocycles. The molecule has 0 radical (unpaired) electrons. The number of halogens is 1. The first kappa shape index (κ1) is 10.6. The van der Waals surface area contributed by atoms with E-state index in [1.54, 1.807) is 6.92 Å². The van der Waals surface area contributed by atoms with Crippen molar-refractivity contribution in [2.24, 2.45) is 0 Å². The summed E-state index contributed by atoms with van der Waals surface area (Å²) in [5, 5.41) is 6.18. The Morgan fingerprint density at radius 3 is 2.94 bits per heavy atom. The Balaban J connectivity index is 2.17. The summed E-state index contributed by atoms with van der Waals surface area (Å²) in [5.74, 6) is -0.861. The Labute approximate surface area is 94.5 Å². The van der Waals surface area contributed by atoms with E-state index in [1.165, 1.54) is 18.2 Å². The van der Waals surface area contributed by atoms with Gasteiger partial charge in [0.25, 0.3) is 5.91 Å². The van der Waals surface area contributed by atoms with Crippen LogP contribution in [-0.4, -0.2) is 20.5 Å². The van der Waals surface area contributed by atoms with E-state index in [9.17, 15) is 9.18 Å². The van der Waals surface area contributed by atoms with E-state index in [4.69, 9.17) is 0 Å². The number of aryl methyl sites for hydroxylation is 1. The highest BCUT2D eigenvalue weighted by atomic mass is 32.1. The Morgan fingerprint density at radius 1 is 1.50 bits per heavy atom. The van der Waals surface area contributed by atoms with E-state index >= 15 is 0 Å². The van der Waals surface area contributed by atoms with Crippen molar-refractivity contribution in [3.63, 3.8) is 0 Å². The highest BCUT2D eigenvalue weighted by Crippen LogP contribution is 2.12. The van der Waals surface area contributed by atoms with Crippen LogP contribution in [0.15, 0.2) is 18.2 Å². The van der Waals surface area contributed by atoms with Gasteiger partial charge in [0.15, 0.2) is 0 Å². The van der Waals surface area contributed by atoms with Crippen molar-refractivity contribution in [1.29, 1.82) is 0 Å². The fraction of sp³-hybridized carbons (Fsp3) is 0.111. The van der Waals surface area contributed by atoms with Gasteiger partial charge in [0, 0.05) is 0 Å². The number of nitrogens with one attached hydrogen (secondary N) is 1. The third-order valence-electron chi connectivity index (χ3n) is 1.81. The van der Waals surface area contributed by atoms with E-state index in [1.807, 2.05) is 0 Å². The van der Waals surface area contributed by atoms with Gasteiger partial charge in [-0.1, -0.05) is 10.6 Å². The minimum absolute atomic E-state index is 0.165. The lowest BCUT2D eigenvalue weighted by atomic mass is 10.3. The molecule has 0 aromatic carbocycles. The summed E-state index contributed by atoms with van der Waals surface area (Å²) < 4.78 is 16.4. The summed E-state index contributed by atoms with van der Waals surface area (Å²) >= 11 is 0.986. The minimum atomic E-state index is -0.642. The molecule has 1 N–H and O–H groups in total. The van der Waals surface area contributed by atoms with Gasteiger partial charge in [-0.25, -0.2) is 4.98 Å². The first-order valence-corrected chi connectivity index (χ1v) is 5.17. The Hall–Kier alpha value is -1.89. The second-order valence-electron chi connectivity index (χ2n) is 2.99. The molecule has 2 rings (SSSR count). The first-order valence-electron chi connectivity index (χ1n) is 4.39. The maximum Gasteiger partial charge on any atom is 0.270 e. The lowest BCUT2D eigenvalue weighted by Gasteiger charge is -2.01. The Bertz CT molecular complexity index is 528. The van der Waals surface area contributed by atoms with Crippen LogP contribution in [0.1, 0.15) is 15.4 Å². The van der Waals surface area contributed by atoms with E-state index in [-0.39, 0.29) is 11.7 Å². The van der Waals surface area contributed by atoms with E-state index in [0.717, 1.165) is 11.5 Å². The van der Waals surface area contributed by atoms with Gasteiger partial charge in [-0.3, -0.25) is 4.79 Å². The van der Waals surface area contributed by atoms with Crippen LogP contribution in [0.25, 0.3) is 0 Å². The number of pyridine rings is 1. The molecule has 0 atom stereocenters. The largest absolute Gasteiger partial charge is 0.306 e. The third kappa shape index (κ3) is 2.19. The van der Waals surface area contributed by atoms with Crippen LogP contribution in [0, 0.1) is 12.9 Å². The third-order valence-corrected chi connectivity index (χ3v) is 2.64. The number of hydrogen-bond donors (Lipinski definition) is 1. The predicted molar refractivity (Wildman–Crippen MR) is 56.8 cm³/mol. The summed E-state index contributed by atoms with van der Waals surface area (Å²) in [7, 11) is 0. The van der Waals surface area contributed by atoms with Crippen molar-refractivity contribution in [1.82, 2.24) is 14.6 Å². The quantitative estimate of drug-likeness (QED) is 0.807. The molecule has 2 aromatic heterocycles. The highest BCUT2D eigenvalue weighted by Gasteiger charge is 2.13. The molecule has 7 heteroatoms. The second kappa shape index (κ2) is 4.31. The molecule has 0 aliphatic rings. The molecule has 0 unspecified atom stereocenters. The second-order valence-corrected chi connectivity index (χ2v) is 3.74. The van der Waals surface area contributed by atoms with Crippen LogP contribution in [0.2, 0.25) is 0 Å². The van der Waals surface area contributed by atoms with Crippen LogP contribution in [0.4, 0.5) is 10.2 Å². The summed E-state index contributed by atoms with van der Waals surface area (Å²) in [4.78, 5) is 15.6. The fourth-order valence-corrected chi connectivity index (χ4v) is 1.64. The van der Waals surface area contributed by atoms with Crippen molar-refractivity contribution in [2.75, 3.05) is 5.32 Å². The number of carbonyl (C=O) groups is 1. The van der Waals surface area contributed by atoms with Crippen LogP contribution < -0.4 is 5.32 Å². The van der Waals surface area contributed by atoms with E-state index in [2.05, 4.69) is 19.9 Å². The number of nitrogens with zero attached hydrogens (tertiary/aromatic N) is 3. The normalized spacial score (nSPS) is 10.1. The average molecular weight is 238 g/mol. The van der Waals surface area contributed by atoms with Gasteiger partial charge in [-0.05, 0) is 30.6 Å². The molecule has 2 aromatic rings. The van der Waals surface area contributed by atoms with Gasteiger partial charge >= 0.3 is 0 Å². The van der Waals surface area contributed by atoms with Crippen molar-refractivity contribution in [3.05, 3.63) is 34.7 Å². The number of hydrogen-bond acceptors (Lipinski definition) is 5. The number of anilines is 1. The van der Waals surface area contributed by atoms with Gasteiger partial charge in [-0.2, -0.15) is 4.39 Å². The van der Waals surface area contributed by atoms with Gasteiger partial charge in [-0.15, -0.1) is 5.10 Å². The molecule has 0 spiro atoms. The summed E-state index contributed by atoms with van der Waals surface area (Å²) in [5.41, 5.74) is 0.541. The SMILES string of the molecule is Cc1nnsc1C(=O)Nc1cccc(F)n1. The van der Waals surface area contributed by atoms with Crippen LogP contribution in [-0.2, 0) is 0 Å². The summed E-state index contributed by atoms with van der Waals surface area (Å²) in [6, 6.07) is 4.18. The van der Waals surface area contributed by atoms with Gasteiger partial charge in [0.2, 0.25) is 5.95 Å². The Morgan fingerprint density at radius 2 is 2.31 bits per heavy atom. The lowest BCUT2D eigenvalue weighted by Crippen LogP contribution is -2.12. The summed E-state index contributed by atoms with van der Waals surface area (Å²) in [6.07, 6.45) is 0. The van der Waals surface area contributed by atoms with E-state index in [0.29, 0.717) is 10.6 Å². The highest BCUT2D eigenvalue weighted by molar-refractivity contribution is 7.08. The molecular weight excluding hydrogens is 231 g/mol. The molecule has 0 aliphatic carbocycles. The Kier molecular flexibility index (Phi) is 2.86. The molecule has 16 heavy (non-hydrogen) atoms. The first-order chi connectivity index (χ1) is 7.66. The van der Waals surface area contributed by atoms with Crippen LogP contribution in [0.3, 0.4) is 0 Å². The number of amides is 1. The standard InChI is InChI=1S/C9H7FN4OS/c1-5-8(16-14-13-5)9(15)12-7-4-2-3-6(10)11-7/h2-4H,1H3,(H,11,12,15). The molecule has 0 bridgehead atoms. The summed E-state index contributed by atoms with van der Waals surface area (Å²) in [6.45, 7) is 1.68. The van der Waals surface area contributed by atoms with Crippen LogP contribution in [0.5, 0.6) is 0 Å². The molecule has 82 valence electrons. The molecule has 0 saturated heterocycles. The van der Waals surface area contributed by atoms with Crippen molar-refractivity contribution >= 4 is 23.3 Å². The van der Waals surface area contributed by atoms with Gasteiger partial charge in [0.05, 0.1) is 5.69 Å². The molecule has 1 amide bonds. The predicted octanol–water partition coefficient (Wildman–Crippen LogP) is 1.63. The monoisotopic (exact) mass is 238 g/mol. The van der Waals surface area contributed by atoms with Gasteiger partial charge in [0.1, 0.15) is 10.7 Å². The van der Waals surface area contributed by atoms with Gasteiger partial charge < -0.3 is 5.32 Å². The van der Waals surface area contributed by atoms with Crippen LogP contribution >= 0.6 is 11.5 Å². The minimum Gasteiger partial charge on any atom is -0.306 e.